The van der Waals surface area contributed by atoms with Crippen molar-refractivity contribution in [3.63, 3.8) is 0 Å². The maximum Gasteiger partial charge on any atom is 0.253 e. The third-order valence-corrected chi connectivity index (χ3v) is 6.16. The van der Waals surface area contributed by atoms with E-state index in [2.05, 4.69) is 27.6 Å². The molecule has 1 atom stereocenters. The Morgan fingerprint density at radius 3 is 2.77 bits per heavy atom. The molecule has 5 rings (SSSR count). The molecule has 7 heteroatoms. The molecule has 2 saturated heterocycles. The molecule has 0 spiro atoms. The van der Waals surface area contributed by atoms with Gasteiger partial charge in [0, 0.05) is 49.5 Å². The van der Waals surface area contributed by atoms with Crippen molar-refractivity contribution in [2.75, 3.05) is 31.6 Å². The van der Waals surface area contributed by atoms with Crippen LogP contribution in [0.2, 0.25) is 0 Å². The van der Waals surface area contributed by atoms with Gasteiger partial charge in [0.05, 0.1) is 5.39 Å². The zero-order valence-electron chi connectivity index (χ0n) is 17.0. The number of likely N-dealkylation sites (tertiary alicyclic amines) is 1. The Labute approximate surface area is 175 Å². The molecule has 1 aromatic carbocycles. The highest BCUT2D eigenvalue weighted by Gasteiger charge is 2.27. The van der Waals surface area contributed by atoms with Gasteiger partial charge in [0.1, 0.15) is 0 Å². The van der Waals surface area contributed by atoms with E-state index < -0.39 is 0 Å². The lowest BCUT2D eigenvalue weighted by molar-refractivity contribution is 0.0706. The summed E-state index contributed by atoms with van der Waals surface area (Å²) in [6, 6.07) is 14.1. The second-order valence-electron chi connectivity index (χ2n) is 8.19. The number of benzene rings is 1. The Morgan fingerprint density at radius 1 is 1.10 bits per heavy atom. The molecule has 3 aromatic rings. The van der Waals surface area contributed by atoms with Gasteiger partial charge in [-0.05, 0) is 49.9 Å². The molecule has 1 unspecified atom stereocenters. The molecular weight excluding hydrogens is 378 g/mol. The average molecular weight is 406 g/mol. The van der Waals surface area contributed by atoms with Crippen LogP contribution >= 0.6 is 0 Å². The quantitative estimate of drug-likeness (QED) is 0.693. The van der Waals surface area contributed by atoms with Crippen LogP contribution in [0, 0.1) is 0 Å². The highest BCUT2D eigenvalue weighted by Crippen LogP contribution is 2.29. The van der Waals surface area contributed by atoms with Crippen molar-refractivity contribution >= 4 is 22.8 Å². The van der Waals surface area contributed by atoms with Crippen LogP contribution < -0.4 is 5.32 Å². The number of nitrogens with one attached hydrogen (secondary N) is 2. The number of rotatable bonds is 4. The SMILES string of the molecule is O=C(c1ccccc1)N1CCCC(c2ccc3c(NC4CCOCC4)n[nH]c3n2)C1. The number of aromatic amines is 1. The summed E-state index contributed by atoms with van der Waals surface area (Å²) in [5, 5.41) is 12.1. The van der Waals surface area contributed by atoms with Crippen molar-refractivity contribution in [1.82, 2.24) is 20.1 Å². The molecule has 0 radical (unpaired) electrons. The molecule has 0 saturated carbocycles. The number of pyridine rings is 1. The van der Waals surface area contributed by atoms with Crippen LogP contribution in [0.1, 0.15) is 47.7 Å². The lowest BCUT2D eigenvalue weighted by Crippen LogP contribution is -2.39. The van der Waals surface area contributed by atoms with E-state index in [1.54, 1.807) is 0 Å². The number of piperidine rings is 1. The normalized spacial score (nSPS) is 20.4. The highest BCUT2D eigenvalue weighted by molar-refractivity contribution is 5.94. The van der Waals surface area contributed by atoms with Crippen molar-refractivity contribution < 1.29 is 9.53 Å². The van der Waals surface area contributed by atoms with Gasteiger partial charge in [0.15, 0.2) is 11.5 Å². The third kappa shape index (κ3) is 3.89. The fourth-order valence-electron chi connectivity index (χ4n) is 4.46. The minimum Gasteiger partial charge on any atom is -0.381 e. The minimum absolute atomic E-state index is 0.103. The van der Waals surface area contributed by atoms with E-state index in [0.717, 1.165) is 73.6 Å². The van der Waals surface area contributed by atoms with E-state index in [9.17, 15) is 4.79 Å². The highest BCUT2D eigenvalue weighted by atomic mass is 16.5. The maximum absolute atomic E-state index is 12.9. The van der Waals surface area contributed by atoms with Gasteiger partial charge in [-0.25, -0.2) is 4.98 Å². The fraction of sp³-hybridized carbons (Fsp3) is 0.435. The lowest BCUT2D eigenvalue weighted by Gasteiger charge is -2.32. The molecule has 156 valence electrons. The summed E-state index contributed by atoms with van der Waals surface area (Å²) in [6.07, 6.45) is 4.02. The van der Waals surface area contributed by atoms with Crippen molar-refractivity contribution in [1.29, 1.82) is 0 Å². The first kappa shape index (κ1) is 19.1. The molecule has 30 heavy (non-hydrogen) atoms. The van der Waals surface area contributed by atoms with Gasteiger partial charge in [-0.2, -0.15) is 5.10 Å². The number of hydrogen-bond donors (Lipinski definition) is 2. The topological polar surface area (TPSA) is 83.1 Å². The monoisotopic (exact) mass is 405 g/mol. The van der Waals surface area contributed by atoms with E-state index in [1.165, 1.54) is 0 Å². The van der Waals surface area contributed by atoms with E-state index in [4.69, 9.17) is 9.72 Å². The summed E-state index contributed by atoms with van der Waals surface area (Å²) in [6.45, 7) is 3.09. The Morgan fingerprint density at radius 2 is 1.93 bits per heavy atom. The first-order chi connectivity index (χ1) is 14.8. The predicted molar refractivity (Wildman–Crippen MR) is 116 cm³/mol. The second kappa shape index (κ2) is 8.44. The predicted octanol–water partition coefficient (Wildman–Crippen LogP) is 3.57. The summed E-state index contributed by atoms with van der Waals surface area (Å²) in [4.78, 5) is 19.7. The molecule has 2 aromatic heterocycles. The number of carbonyl (C=O) groups is 1. The Kier molecular flexibility index (Phi) is 5.36. The number of aromatic nitrogens is 3. The van der Waals surface area contributed by atoms with E-state index in [0.29, 0.717) is 12.6 Å². The molecule has 2 aliphatic rings. The van der Waals surface area contributed by atoms with E-state index >= 15 is 0 Å². The number of H-pyrrole nitrogens is 1. The van der Waals surface area contributed by atoms with Gasteiger partial charge in [-0.15, -0.1) is 0 Å². The third-order valence-electron chi connectivity index (χ3n) is 6.16. The van der Waals surface area contributed by atoms with Crippen molar-refractivity contribution in [2.24, 2.45) is 0 Å². The molecular formula is C23H27N5O2. The second-order valence-corrected chi connectivity index (χ2v) is 8.19. The van der Waals surface area contributed by atoms with Crippen LogP contribution in [-0.2, 0) is 4.74 Å². The van der Waals surface area contributed by atoms with E-state index in [-0.39, 0.29) is 11.8 Å². The number of anilines is 1. The Balaban J connectivity index is 1.31. The summed E-state index contributed by atoms with van der Waals surface area (Å²) >= 11 is 0. The molecule has 4 heterocycles. The van der Waals surface area contributed by atoms with Crippen molar-refractivity contribution in [3.05, 3.63) is 53.7 Å². The first-order valence-corrected chi connectivity index (χ1v) is 10.8. The number of ether oxygens (including phenoxy) is 1. The van der Waals surface area contributed by atoms with Crippen LogP contribution in [-0.4, -0.2) is 58.3 Å². The molecule has 7 nitrogen and oxygen atoms in total. The van der Waals surface area contributed by atoms with Crippen molar-refractivity contribution in [3.8, 4) is 0 Å². The number of fused-ring (bicyclic) bond motifs is 1. The number of carbonyl (C=O) groups excluding carboxylic acids is 1. The smallest absolute Gasteiger partial charge is 0.253 e. The van der Waals surface area contributed by atoms with Gasteiger partial charge in [-0.1, -0.05) is 18.2 Å². The summed E-state index contributed by atoms with van der Waals surface area (Å²) < 4.78 is 5.43. The summed E-state index contributed by atoms with van der Waals surface area (Å²) in [5.41, 5.74) is 2.57. The van der Waals surface area contributed by atoms with Crippen LogP contribution in [0.15, 0.2) is 42.5 Å². The number of amides is 1. The minimum atomic E-state index is 0.103. The van der Waals surface area contributed by atoms with Gasteiger partial charge in [0.25, 0.3) is 5.91 Å². The zero-order valence-corrected chi connectivity index (χ0v) is 17.0. The molecule has 2 aliphatic heterocycles. The zero-order chi connectivity index (χ0) is 20.3. The molecule has 1 amide bonds. The lowest BCUT2D eigenvalue weighted by atomic mass is 9.93. The molecule has 2 fully saturated rings. The Hall–Kier alpha value is -2.93. The van der Waals surface area contributed by atoms with Crippen LogP contribution in [0.25, 0.3) is 11.0 Å². The van der Waals surface area contributed by atoms with Crippen LogP contribution in [0.3, 0.4) is 0 Å². The van der Waals surface area contributed by atoms with Crippen LogP contribution in [0.5, 0.6) is 0 Å². The van der Waals surface area contributed by atoms with Crippen LogP contribution in [0.4, 0.5) is 5.82 Å². The van der Waals surface area contributed by atoms with Gasteiger partial charge in [0.2, 0.25) is 0 Å². The average Bonchev–Trinajstić information content (AvgIpc) is 3.22. The Bertz CT molecular complexity index is 1010. The molecule has 2 N–H and O–H groups in total. The summed E-state index contributed by atoms with van der Waals surface area (Å²) in [5.74, 6) is 1.21. The number of nitrogens with zero attached hydrogens (tertiary/aromatic N) is 3. The summed E-state index contributed by atoms with van der Waals surface area (Å²) in [7, 11) is 0. The fourth-order valence-corrected chi connectivity index (χ4v) is 4.46. The molecule has 0 bridgehead atoms. The van der Waals surface area contributed by atoms with Gasteiger partial charge < -0.3 is 15.0 Å². The largest absolute Gasteiger partial charge is 0.381 e. The maximum atomic E-state index is 12.9. The van der Waals surface area contributed by atoms with Crippen molar-refractivity contribution in [2.45, 2.75) is 37.6 Å². The number of hydrogen-bond acceptors (Lipinski definition) is 5. The van der Waals surface area contributed by atoms with Gasteiger partial charge >= 0.3 is 0 Å². The standard InChI is InChI=1S/C23H27N5O2/c29-23(16-5-2-1-3-6-16)28-12-4-7-17(15-28)20-9-8-19-21(26-27-22(19)25-20)24-18-10-13-30-14-11-18/h1-3,5-6,8-9,17-18H,4,7,10-15H2,(H2,24,25,26,27). The van der Waals surface area contributed by atoms with Gasteiger partial charge in [-0.3, -0.25) is 9.89 Å². The molecule has 0 aliphatic carbocycles. The van der Waals surface area contributed by atoms with E-state index in [1.807, 2.05) is 35.2 Å². The first-order valence-electron chi connectivity index (χ1n) is 10.8.